The Labute approximate surface area is 306 Å². The van der Waals surface area contributed by atoms with E-state index in [-0.39, 0.29) is 5.41 Å². The van der Waals surface area contributed by atoms with E-state index in [2.05, 4.69) is 193 Å². The Balaban J connectivity index is 1.35. The van der Waals surface area contributed by atoms with E-state index in [9.17, 15) is 0 Å². The van der Waals surface area contributed by atoms with Crippen LogP contribution in [0.1, 0.15) is 25.0 Å². The smallest absolute Gasteiger partial charge is 0.0647 e. The third kappa shape index (κ3) is 3.63. The predicted molar refractivity (Wildman–Crippen MR) is 225 cm³/mol. The van der Waals surface area contributed by atoms with Crippen LogP contribution in [-0.4, -0.2) is 9.13 Å². The minimum Gasteiger partial charge on any atom is -0.309 e. The number of fused-ring (bicyclic) bond motifs is 18. The SMILES string of the molecule is CC1(C)c2ccccc2-c2c1c1c(c3ccccc3n1-c1ccccc1)c1c2c2ccccc2n1-c1ccc2c3ccccc3c3ccccc3c2c1. The van der Waals surface area contributed by atoms with E-state index in [0.717, 1.165) is 0 Å². The average Bonchev–Trinajstić information content (AvgIpc) is 3.81. The quantitative estimate of drug-likeness (QED) is 0.162. The topological polar surface area (TPSA) is 9.86 Å². The van der Waals surface area contributed by atoms with Crippen LogP contribution in [0, 0.1) is 0 Å². The largest absolute Gasteiger partial charge is 0.309 e. The molecule has 9 aromatic carbocycles. The van der Waals surface area contributed by atoms with Gasteiger partial charge in [0.25, 0.3) is 0 Å². The lowest BCUT2D eigenvalue weighted by molar-refractivity contribution is 0.664. The number of aromatic nitrogens is 2. The van der Waals surface area contributed by atoms with Gasteiger partial charge in [0.15, 0.2) is 0 Å². The van der Waals surface area contributed by atoms with Crippen molar-refractivity contribution in [2.45, 2.75) is 19.3 Å². The predicted octanol–water partition coefficient (Wildman–Crippen LogP) is 13.6. The normalized spacial score (nSPS) is 13.6. The van der Waals surface area contributed by atoms with E-state index in [1.54, 1.807) is 0 Å². The minimum absolute atomic E-state index is 0.217. The summed E-state index contributed by atoms with van der Waals surface area (Å²) in [5, 5.41) is 12.9. The third-order valence-corrected chi connectivity index (χ3v) is 12.2. The molecular formula is C51H34N2. The standard InChI is InChI=1S/C51H34N2/c1-51(2)42-25-13-10-22-38(42)45-46-39-23-11-14-26-43(39)53(32-28-29-37-35-20-7-6-18-33(35)34-19-8-9-21-36(34)41(37)30-32)49(46)47-40-24-12-15-27-44(40)52(50(47)48(45)51)31-16-4-3-5-17-31/h3-30H,1-2H3. The lowest BCUT2D eigenvalue weighted by Gasteiger charge is -2.24. The summed E-state index contributed by atoms with van der Waals surface area (Å²) >= 11 is 0. The Hall–Kier alpha value is -6.64. The van der Waals surface area contributed by atoms with Crippen molar-refractivity contribution < 1.29 is 0 Å². The summed E-state index contributed by atoms with van der Waals surface area (Å²) in [4.78, 5) is 0. The summed E-state index contributed by atoms with van der Waals surface area (Å²) in [6, 6.07) is 63.1. The van der Waals surface area contributed by atoms with E-state index in [1.807, 2.05) is 0 Å². The van der Waals surface area contributed by atoms with Gasteiger partial charge in [-0.2, -0.15) is 0 Å². The Bertz CT molecular complexity index is 3320. The molecule has 0 fully saturated rings. The van der Waals surface area contributed by atoms with Gasteiger partial charge in [-0.15, -0.1) is 0 Å². The monoisotopic (exact) mass is 674 g/mol. The zero-order valence-corrected chi connectivity index (χ0v) is 29.6. The molecule has 248 valence electrons. The van der Waals surface area contributed by atoms with E-state index in [4.69, 9.17) is 0 Å². The van der Waals surface area contributed by atoms with Crippen molar-refractivity contribution in [3.05, 3.63) is 181 Å². The first-order chi connectivity index (χ1) is 26.1. The van der Waals surface area contributed by atoms with Crippen LogP contribution in [0.25, 0.3) is 98.4 Å². The van der Waals surface area contributed by atoms with Crippen molar-refractivity contribution in [2.75, 3.05) is 0 Å². The molecule has 0 N–H and O–H groups in total. The van der Waals surface area contributed by atoms with Gasteiger partial charge in [0.05, 0.1) is 22.1 Å². The van der Waals surface area contributed by atoms with Crippen LogP contribution in [0.15, 0.2) is 170 Å². The number of hydrogen-bond donors (Lipinski definition) is 0. The first-order valence-corrected chi connectivity index (χ1v) is 18.6. The highest BCUT2D eigenvalue weighted by atomic mass is 15.0. The third-order valence-electron chi connectivity index (χ3n) is 12.2. The van der Waals surface area contributed by atoms with Crippen LogP contribution in [0.2, 0.25) is 0 Å². The first-order valence-electron chi connectivity index (χ1n) is 18.6. The first kappa shape index (κ1) is 29.0. The van der Waals surface area contributed by atoms with Gasteiger partial charge in [-0.05, 0) is 91.0 Å². The molecule has 0 unspecified atom stereocenters. The van der Waals surface area contributed by atoms with Gasteiger partial charge < -0.3 is 9.13 Å². The number of rotatable bonds is 2. The molecule has 0 amide bonds. The molecule has 2 nitrogen and oxygen atoms in total. The van der Waals surface area contributed by atoms with Crippen molar-refractivity contribution in [1.82, 2.24) is 9.13 Å². The molecule has 0 saturated heterocycles. The van der Waals surface area contributed by atoms with Gasteiger partial charge in [0.1, 0.15) is 0 Å². The Morgan fingerprint density at radius 2 is 0.868 bits per heavy atom. The van der Waals surface area contributed by atoms with Gasteiger partial charge in [0, 0.05) is 38.3 Å². The molecule has 12 rings (SSSR count). The summed E-state index contributed by atoms with van der Waals surface area (Å²) in [5.74, 6) is 0. The van der Waals surface area contributed by atoms with Crippen LogP contribution < -0.4 is 0 Å². The molecule has 2 heteroatoms. The van der Waals surface area contributed by atoms with Gasteiger partial charge in [0.2, 0.25) is 0 Å². The molecule has 0 atom stereocenters. The van der Waals surface area contributed by atoms with Crippen molar-refractivity contribution in [3.63, 3.8) is 0 Å². The summed E-state index contributed by atoms with van der Waals surface area (Å²) < 4.78 is 5.12. The molecule has 2 heterocycles. The maximum Gasteiger partial charge on any atom is 0.0647 e. The fourth-order valence-electron chi connectivity index (χ4n) is 10.1. The number of nitrogens with zero attached hydrogens (tertiary/aromatic N) is 2. The van der Waals surface area contributed by atoms with Crippen LogP contribution in [0.3, 0.4) is 0 Å². The lowest BCUT2D eigenvalue weighted by atomic mass is 9.81. The zero-order chi connectivity index (χ0) is 35.0. The van der Waals surface area contributed by atoms with Gasteiger partial charge in [-0.1, -0.05) is 147 Å². The number of benzene rings is 9. The number of para-hydroxylation sites is 3. The van der Waals surface area contributed by atoms with E-state index >= 15 is 0 Å². The minimum atomic E-state index is -0.217. The molecule has 1 aliphatic carbocycles. The Kier molecular flexibility index (Phi) is 5.60. The lowest BCUT2D eigenvalue weighted by Crippen LogP contribution is -2.16. The second kappa shape index (κ2) is 10.2. The zero-order valence-electron chi connectivity index (χ0n) is 29.6. The van der Waals surface area contributed by atoms with E-state index < -0.39 is 0 Å². The molecule has 53 heavy (non-hydrogen) atoms. The summed E-state index contributed by atoms with van der Waals surface area (Å²) in [7, 11) is 0. The van der Waals surface area contributed by atoms with Crippen LogP contribution in [0.5, 0.6) is 0 Å². The van der Waals surface area contributed by atoms with E-state index in [0.29, 0.717) is 0 Å². The molecule has 0 radical (unpaired) electrons. The fraction of sp³-hybridized carbons (Fsp3) is 0.0588. The second-order valence-corrected chi connectivity index (χ2v) is 15.2. The summed E-state index contributed by atoms with van der Waals surface area (Å²) in [5.41, 5.74) is 12.6. The van der Waals surface area contributed by atoms with Crippen molar-refractivity contribution in [3.8, 4) is 22.5 Å². The highest BCUT2D eigenvalue weighted by molar-refractivity contribution is 6.32. The van der Waals surface area contributed by atoms with Crippen molar-refractivity contribution >= 4 is 75.9 Å². The highest BCUT2D eigenvalue weighted by Gasteiger charge is 2.41. The Morgan fingerprint density at radius 1 is 0.377 bits per heavy atom. The maximum atomic E-state index is 2.58. The molecule has 0 saturated carbocycles. The fourth-order valence-corrected chi connectivity index (χ4v) is 10.1. The van der Waals surface area contributed by atoms with Gasteiger partial charge in [-0.25, -0.2) is 0 Å². The average molecular weight is 675 g/mol. The van der Waals surface area contributed by atoms with E-state index in [1.165, 1.54) is 110 Å². The summed E-state index contributed by atoms with van der Waals surface area (Å²) in [6.45, 7) is 4.85. The second-order valence-electron chi connectivity index (χ2n) is 15.2. The molecule has 0 aliphatic heterocycles. The maximum absolute atomic E-state index is 2.58. The molecule has 2 aromatic heterocycles. The molecule has 11 aromatic rings. The van der Waals surface area contributed by atoms with Crippen molar-refractivity contribution in [2.24, 2.45) is 0 Å². The van der Waals surface area contributed by atoms with Gasteiger partial charge in [-0.3, -0.25) is 0 Å². The van der Waals surface area contributed by atoms with Gasteiger partial charge >= 0.3 is 0 Å². The molecule has 0 spiro atoms. The molecule has 1 aliphatic rings. The van der Waals surface area contributed by atoms with Crippen LogP contribution in [-0.2, 0) is 5.41 Å². The highest BCUT2D eigenvalue weighted by Crippen LogP contribution is 2.58. The molecular weight excluding hydrogens is 641 g/mol. The Morgan fingerprint density at radius 3 is 1.53 bits per heavy atom. The summed E-state index contributed by atoms with van der Waals surface area (Å²) in [6.07, 6.45) is 0. The molecule has 0 bridgehead atoms. The van der Waals surface area contributed by atoms with Crippen LogP contribution in [0.4, 0.5) is 0 Å². The van der Waals surface area contributed by atoms with Crippen molar-refractivity contribution in [1.29, 1.82) is 0 Å². The number of hydrogen-bond acceptors (Lipinski definition) is 0. The van der Waals surface area contributed by atoms with Crippen LogP contribution >= 0.6 is 0 Å².